The molecule has 7 nitrogen and oxygen atoms in total. The molecule has 0 aromatic carbocycles. The second-order valence-electron chi connectivity index (χ2n) is 5.70. The molecule has 106 valence electrons. The quantitative estimate of drug-likeness (QED) is 0.501. The number of nitrogens with two attached hydrogens (primary N) is 1. The summed E-state index contributed by atoms with van der Waals surface area (Å²) < 4.78 is 5.15. The highest BCUT2D eigenvalue weighted by molar-refractivity contribution is 5.86. The second-order valence-corrected chi connectivity index (χ2v) is 5.70. The van der Waals surface area contributed by atoms with E-state index in [2.05, 4.69) is 9.97 Å². The minimum atomic E-state index is -0.767. The minimum absolute atomic E-state index is 0.00255. The molecule has 1 amide bonds. The summed E-state index contributed by atoms with van der Waals surface area (Å²) in [5.74, 6) is 6.10. The third kappa shape index (κ3) is 3.22. The fraction of sp³-hybridized carbons (Fsp3) is 0.538. The Kier molecular flexibility index (Phi) is 3.59. The highest BCUT2D eigenvalue weighted by Gasteiger charge is 2.29. The van der Waals surface area contributed by atoms with Crippen molar-refractivity contribution in [1.82, 2.24) is 9.97 Å². The monoisotopic (exact) mass is 275 g/mol. The molecule has 1 aromatic heterocycles. The number of hydrogen-bond acceptors (Lipinski definition) is 6. The molecule has 1 aromatic rings. The van der Waals surface area contributed by atoms with Crippen LogP contribution < -0.4 is 10.9 Å². The van der Waals surface area contributed by atoms with Gasteiger partial charge >= 0.3 is 6.09 Å². The Morgan fingerprint density at radius 1 is 1.55 bits per heavy atom. The van der Waals surface area contributed by atoms with Crippen molar-refractivity contribution < 1.29 is 9.53 Å². The lowest BCUT2D eigenvalue weighted by atomic mass is 10.2. The number of rotatable bonds is 2. The SMILES string of the molecule is CC(C)(C)OC(=O)N(N)c1nc(C2CC2)cnc1C#N. The zero-order valence-electron chi connectivity index (χ0n) is 11.8. The van der Waals surface area contributed by atoms with E-state index in [1.165, 1.54) is 0 Å². The summed E-state index contributed by atoms with van der Waals surface area (Å²) in [6, 6.07) is 1.88. The van der Waals surface area contributed by atoms with E-state index in [9.17, 15) is 4.79 Å². The molecule has 1 aliphatic carbocycles. The summed E-state index contributed by atoms with van der Waals surface area (Å²) >= 11 is 0. The van der Waals surface area contributed by atoms with E-state index >= 15 is 0 Å². The number of ether oxygens (including phenoxy) is 1. The second kappa shape index (κ2) is 5.06. The van der Waals surface area contributed by atoms with Crippen molar-refractivity contribution in [3.05, 3.63) is 17.6 Å². The Hall–Kier alpha value is -2.20. The smallest absolute Gasteiger partial charge is 0.430 e. The van der Waals surface area contributed by atoms with Crippen LogP contribution in [0.25, 0.3) is 0 Å². The van der Waals surface area contributed by atoms with Crippen LogP contribution in [0.1, 0.15) is 50.9 Å². The summed E-state index contributed by atoms with van der Waals surface area (Å²) in [5, 5.41) is 9.78. The molecule has 1 fully saturated rings. The molecular weight excluding hydrogens is 258 g/mol. The maximum Gasteiger partial charge on any atom is 0.430 e. The van der Waals surface area contributed by atoms with Gasteiger partial charge in [-0.3, -0.25) is 0 Å². The average Bonchev–Trinajstić information content (AvgIpc) is 3.19. The largest absolute Gasteiger partial charge is 0.442 e. The number of aromatic nitrogens is 2. The number of hydrogen-bond donors (Lipinski definition) is 1. The van der Waals surface area contributed by atoms with Crippen LogP contribution in [-0.4, -0.2) is 21.7 Å². The molecule has 1 aliphatic rings. The molecule has 0 atom stereocenters. The zero-order chi connectivity index (χ0) is 14.9. The number of carbonyl (C=O) groups is 1. The van der Waals surface area contributed by atoms with E-state index in [0.29, 0.717) is 5.92 Å². The van der Waals surface area contributed by atoms with Gasteiger partial charge in [-0.2, -0.15) is 10.3 Å². The topological polar surface area (TPSA) is 105 Å². The maximum atomic E-state index is 11.9. The van der Waals surface area contributed by atoms with Crippen LogP contribution in [0.4, 0.5) is 10.6 Å². The lowest BCUT2D eigenvalue weighted by molar-refractivity contribution is 0.0578. The molecule has 0 spiro atoms. The van der Waals surface area contributed by atoms with Gasteiger partial charge < -0.3 is 4.74 Å². The van der Waals surface area contributed by atoms with E-state index in [0.717, 1.165) is 23.5 Å². The van der Waals surface area contributed by atoms with Gasteiger partial charge in [0.2, 0.25) is 0 Å². The molecule has 0 saturated heterocycles. The molecule has 0 radical (unpaired) electrons. The van der Waals surface area contributed by atoms with Crippen molar-refractivity contribution in [3.8, 4) is 6.07 Å². The van der Waals surface area contributed by atoms with Crippen LogP contribution in [0.15, 0.2) is 6.20 Å². The molecule has 2 N–H and O–H groups in total. The Balaban J connectivity index is 2.27. The van der Waals surface area contributed by atoms with Gasteiger partial charge in [-0.05, 0) is 33.6 Å². The first-order valence-corrected chi connectivity index (χ1v) is 6.36. The fourth-order valence-corrected chi connectivity index (χ4v) is 1.61. The number of carbonyl (C=O) groups excluding carboxylic acids is 1. The lowest BCUT2D eigenvalue weighted by Gasteiger charge is -2.23. The summed E-state index contributed by atoms with van der Waals surface area (Å²) in [6.07, 6.45) is 2.87. The summed E-state index contributed by atoms with van der Waals surface area (Å²) in [7, 11) is 0. The van der Waals surface area contributed by atoms with Crippen molar-refractivity contribution in [2.45, 2.75) is 45.1 Å². The molecule has 0 unspecified atom stereocenters. The van der Waals surface area contributed by atoms with Gasteiger partial charge in [-0.15, -0.1) is 0 Å². The zero-order valence-corrected chi connectivity index (χ0v) is 11.8. The number of hydrazine groups is 1. The van der Waals surface area contributed by atoms with Gasteiger partial charge in [-0.1, -0.05) is 0 Å². The summed E-state index contributed by atoms with van der Waals surface area (Å²) in [6.45, 7) is 5.20. The molecule has 7 heteroatoms. The summed E-state index contributed by atoms with van der Waals surface area (Å²) in [4.78, 5) is 20.2. The van der Waals surface area contributed by atoms with Crippen LogP contribution in [0.2, 0.25) is 0 Å². The van der Waals surface area contributed by atoms with Crippen molar-refractivity contribution in [1.29, 1.82) is 5.26 Å². The fourth-order valence-electron chi connectivity index (χ4n) is 1.61. The molecule has 1 heterocycles. The first-order valence-electron chi connectivity index (χ1n) is 6.36. The average molecular weight is 275 g/mol. The maximum absolute atomic E-state index is 11.9. The number of nitriles is 1. The minimum Gasteiger partial charge on any atom is -0.442 e. The van der Waals surface area contributed by atoms with Crippen molar-refractivity contribution in [3.63, 3.8) is 0 Å². The molecule has 0 aliphatic heterocycles. The molecule has 0 bridgehead atoms. The van der Waals surface area contributed by atoms with Crippen molar-refractivity contribution in [2.24, 2.45) is 5.84 Å². The van der Waals surface area contributed by atoms with E-state index in [4.69, 9.17) is 15.8 Å². The Morgan fingerprint density at radius 2 is 2.20 bits per heavy atom. The molecule has 20 heavy (non-hydrogen) atoms. The third-order valence-corrected chi connectivity index (χ3v) is 2.69. The predicted octanol–water partition coefficient (Wildman–Crippen LogP) is 1.84. The standard InChI is InChI=1S/C13H17N5O2/c1-13(2,3)20-12(19)18(15)11-9(6-14)16-7-10(17-11)8-4-5-8/h7-8H,4-5,15H2,1-3H3. The van der Waals surface area contributed by atoms with Gasteiger partial charge in [0.25, 0.3) is 0 Å². The van der Waals surface area contributed by atoms with E-state index < -0.39 is 11.7 Å². The molecule has 1 saturated carbocycles. The lowest BCUT2D eigenvalue weighted by Crippen LogP contribution is -2.42. The van der Waals surface area contributed by atoms with E-state index in [-0.39, 0.29) is 11.5 Å². The molecular formula is C13H17N5O2. The van der Waals surface area contributed by atoms with Crippen LogP contribution in [-0.2, 0) is 4.74 Å². The van der Waals surface area contributed by atoms with Gasteiger partial charge in [0.15, 0.2) is 11.5 Å². The van der Waals surface area contributed by atoms with E-state index in [1.54, 1.807) is 27.0 Å². The summed E-state index contributed by atoms with van der Waals surface area (Å²) in [5.41, 5.74) is 0.0732. The number of amides is 1. The number of nitrogens with zero attached hydrogens (tertiary/aromatic N) is 4. The highest BCUT2D eigenvalue weighted by atomic mass is 16.6. The Labute approximate surface area is 117 Å². The first-order chi connectivity index (χ1) is 9.31. The van der Waals surface area contributed by atoms with Crippen LogP contribution >= 0.6 is 0 Å². The van der Waals surface area contributed by atoms with E-state index in [1.807, 2.05) is 6.07 Å². The van der Waals surface area contributed by atoms with Crippen LogP contribution in [0, 0.1) is 11.3 Å². The number of anilines is 1. The Bertz CT molecular complexity index is 569. The highest BCUT2D eigenvalue weighted by Crippen LogP contribution is 2.39. The van der Waals surface area contributed by atoms with Crippen molar-refractivity contribution in [2.75, 3.05) is 5.01 Å². The van der Waals surface area contributed by atoms with Gasteiger partial charge in [0.05, 0.1) is 11.9 Å². The van der Waals surface area contributed by atoms with Gasteiger partial charge in [-0.25, -0.2) is 20.6 Å². The van der Waals surface area contributed by atoms with Crippen LogP contribution in [0.3, 0.4) is 0 Å². The van der Waals surface area contributed by atoms with Gasteiger partial charge in [0, 0.05) is 5.92 Å². The van der Waals surface area contributed by atoms with Gasteiger partial charge in [0.1, 0.15) is 11.7 Å². The Morgan fingerprint density at radius 3 is 2.70 bits per heavy atom. The normalized spacial score (nSPS) is 14.6. The first kappa shape index (κ1) is 14.2. The molecule has 2 rings (SSSR count). The predicted molar refractivity (Wildman–Crippen MR) is 71.6 cm³/mol. The van der Waals surface area contributed by atoms with Crippen molar-refractivity contribution >= 4 is 11.9 Å². The third-order valence-electron chi connectivity index (χ3n) is 2.69. The van der Waals surface area contributed by atoms with Crippen LogP contribution in [0.5, 0.6) is 0 Å².